The van der Waals surface area contributed by atoms with Crippen molar-refractivity contribution in [3.05, 3.63) is 42.1 Å². The zero-order valence-corrected chi connectivity index (χ0v) is 17.0. The number of aromatic nitrogens is 2. The van der Waals surface area contributed by atoms with Gasteiger partial charge in [-0.25, -0.2) is 4.79 Å². The molecule has 28 heavy (non-hydrogen) atoms. The van der Waals surface area contributed by atoms with Gasteiger partial charge in [0.05, 0.1) is 6.20 Å². The summed E-state index contributed by atoms with van der Waals surface area (Å²) in [5, 5.41) is 7.58. The zero-order chi connectivity index (χ0) is 19.7. The quantitative estimate of drug-likeness (QED) is 0.867. The fourth-order valence-electron chi connectivity index (χ4n) is 4.46. The lowest BCUT2D eigenvalue weighted by molar-refractivity contribution is 0.173. The number of piperidine rings is 1. The van der Waals surface area contributed by atoms with Crippen LogP contribution in [0.25, 0.3) is 0 Å². The Morgan fingerprint density at radius 3 is 2.79 bits per heavy atom. The summed E-state index contributed by atoms with van der Waals surface area (Å²) in [7, 11) is 4.06. The van der Waals surface area contributed by atoms with E-state index in [1.807, 2.05) is 35.0 Å². The molecule has 1 aromatic heterocycles. The Kier molecular flexibility index (Phi) is 5.15. The van der Waals surface area contributed by atoms with Crippen LogP contribution in [0.5, 0.6) is 0 Å². The second kappa shape index (κ2) is 7.73. The van der Waals surface area contributed by atoms with E-state index in [9.17, 15) is 4.79 Å². The van der Waals surface area contributed by atoms with Crippen LogP contribution >= 0.6 is 0 Å². The number of urea groups is 1. The number of amides is 2. The Hall–Kier alpha value is -2.70. The third-order valence-electron chi connectivity index (χ3n) is 5.94. The molecule has 2 atom stereocenters. The van der Waals surface area contributed by atoms with Crippen molar-refractivity contribution in [2.45, 2.75) is 38.4 Å². The largest absolute Gasteiger partial charge is 0.372 e. The summed E-state index contributed by atoms with van der Waals surface area (Å²) in [6.45, 7) is 5.43. The fraction of sp³-hybridized carbons (Fsp3) is 0.524. The van der Waals surface area contributed by atoms with Gasteiger partial charge in [0, 0.05) is 64.1 Å². The predicted octanol–water partition coefficient (Wildman–Crippen LogP) is 2.44. The first-order valence-electron chi connectivity index (χ1n) is 10.1. The predicted molar refractivity (Wildman–Crippen MR) is 112 cm³/mol. The van der Waals surface area contributed by atoms with E-state index in [1.165, 1.54) is 11.3 Å². The second-order valence-corrected chi connectivity index (χ2v) is 8.03. The molecule has 7 heteroatoms. The molecule has 7 nitrogen and oxygen atoms in total. The maximum Gasteiger partial charge on any atom is 0.318 e. The first-order valence-corrected chi connectivity index (χ1v) is 10.1. The topological polar surface area (TPSA) is 56.6 Å². The van der Waals surface area contributed by atoms with E-state index in [-0.39, 0.29) is 18.1 Å². The molecule has 0 spiro atoms. The number of benzene rings is 1. The molecular formula is C21H30N6O. The Balaban J connectivity index is 1.45. The maximum atomic E-state index is 13.2. The van der Waals surface area contributed by atoms with Gasteiger partial charge in [-0.2, -0.15) is 5.10 Å². The summed E-state index contributed by atoms with van der Waals surface area (Å²) >= 11 is 0. The van der Waals surface area contributed by atoms with Gasteiger partial charge in [-0.15, -0.1) is 0 Å². The molecule has 1 N–H and O–H groups in total. The van der Waals surface area contributed by atoms with Crippen molar-refractivity contribution in [1.29, 1.82) is 0 Å². The summed E-state index contributed by atoms with van der Waals surface area (Å²) in [5.74, 6) is 1.11. The molecule has 0 bridgehead atoms. The summed E-state index contributed by atoms with van der Waals surface area (Å²) in [6, 6.07) is 10.7. The number of hydrogen-bond acceptors (Lipinski definition) is 4. The number of rotatable bonds is 2. The number of carbonyl (C=O) groups is 1. The van der Waals surface area contributed by atoms with E-state index < -0.39 is 0 Å². The number of aryl methyl sites for hydroxylation is 1. The molecule has 2 aliphatic heterocycles. The molecule has 2 aliphatic rings. The average Bonchev–Trinajstić information content (AvgIpc) is 3.06. The van der Waals surface area contributed by atoms with Gasteiger partial charge < -0.3 is 20.0 Å². The molecule has 0 saturated carbocycles. The molecule has 3 heterocycles. The van der Waals surface area contributed by atoms with Crippen LogP contribution in [-0.4, -0.2) is 59.5 Å². The lowest BCUT2D eigenvalue weighted by Crippen LogP contribution is -2.54. The molecule has 0 aliphatic carbocycles. The Morgan fingerprint density at radius 2 is 2.00 bits per heavy atom. The fourth-order valence-corrected chi connectivity index (χ4v) is 4.46. The highest BCUT2D eigenvalue weighted by Crippen LogP contribution is 2.26. The normalized spacial score (nSPS) is 22.6. The number of likely N-dealkylation sites (N-methyl/N-ethyl adjacent to an activating group) is 1. The minimum Gasteiger partial charge on any atom is -0.372 e. The van der Waals surface area contributed by atoms with Crippen LogP contribution in [0.4, 0.5) is 16.3 Å². The SMILES string of the molecule is C[C@H]1CN(C)c2ccccc2CN1C(=O)NC1CCCN(c2ccnn2C)C1. The van der Waals surface area contributed by atoms with E-state index in [0.717, 1.165) is 38.3 Å². The van der Waals surface area contributed by atoms with Gasteiger partial charge >= 0.3 is 6.03 Å². The standard InChI is InChI=1S/C21H30N6O/c1-16-13-24(2)19-9-5-4-7-17(19)14-27(16)21(28)23-18-8-6-12-26(15-18)20-10-11-22-25(20)3/h4-5,7,9-11,16,18H,6,8,12-15H2,1-3H3,(H,23,28)/t16-,18?/m0/s1. The Labute approximate surface area is 166 Å². The van der Waals surface area contributed by atoms with Gasteiger partial charge in [0.25, 0.3) is 0 Å². The van der Waals surface area contributed by atoms with Crippen molar-refractivity contribution in [3.8, 4) is 0 Å². The number of anilines is 2. The van der Waals surface area contributed by atoms with Gasteiger partial charge in [-0.1, -0.05) is 18.2 Å². The van der Waals surface area contributed by atoms with Crippen LogP contribution in [0.15, 0.2) is 36.5 Å². The van der Waals surface area contributed by atoms with Gasteiger partial charge in [-0.05, 0) is 31.4 Å². The minimum absolute atomic E-state index is 0.0365. The first-order chi connectivity index (χ1) is 13.5. The molecule has 1 aromatic carbocycles. The van der Waals surface area contributed by atoms with Gasteiger partial charge in [-0.3, -0.25) is 4.68 Å². The molecule has 4 rings (SSSR count). The molecule has 1 unspecified atom stereocenters. The second-order valence-electron chi connectivity index (χ2n) is 8.03. The monoisotopic (exact) mass is 382 g/mol. The van der Waals surface area contributed by atoms with Crippen molar-refractivity contribution >= 4 is 17.5 Å². The van der Waals surface area contributed by atoms with E-state index in [1.54, 1.807) is 0 Å². The highest BCUT2D eigenvalue weighted by atomic mass is 16.2. The number of hydrogen-bond donors (Lipinski definition) is 1. The molecule has 1 saturated heterocycles. The molecule has 2 amide bonds. The highest BCUT2D eigenvalue weighted by Gasteiger charge is 2.29. The van der Waals surface area contributed by atoms with Crippen molar-refractivity contribution in [1.82, 2.24) is 20.0 Å². The number of para-hydroxylation sites is 1. The van der Waals surface area contributed by atoms with Crippen LogP contribution < -0.4 is 15.1 Å². The minimum atomic E-state index is 0.0365. The molecular weight excluding hydrogens is 352 g/mol. The third-order valence-corrected chi connectivity index (χ3v) is 5.94. The first kappa shape index (κ1) is 18.7. The zero-order valence-electron chi connectivity index (χ0n) is 17.0. The van der Waals surface area contributed by atoms with Crippen molar-refractivity contribution in [2.24, 2.45) is 7.05 Å². The summed E-state index contributed by atoms with van der Waals surface area (Å²) < 4.78 is 1.90. The Bertz CT molecular complexity index is 834. The molecule has 2 aromatic rings. The van der Waals surface area contributed by atoms with Crippen LogP contribution in [0.2, 0.25) is 0 Å². The number of fused-ring (bicyclic) bond motifs is 1. The lowest BCUT2D eigenvalue weighted by atomic mass is 10.1. The van der Waals surface area contributed by atoms with Crippen LogP contribution in [-0.2, 0) is 13.6 Å². The van der Waals surface area contributed by atoms with Crippen LogP contribution in [0, 0.1) is 0 Å². The molecule has 150 valence electrons. The number of nitrogens with one attached hydrogen (secondary N) is 1. The van der Waals surface area contributed by atoms with Gasteiger partial charge in [0.15, 0.2) is 0 Å². The third kappa shape index (κ3) is 3.66. The van der Waals surface area contributed by atoms with Gasteiger partial charge in [0.1, 0.15) is 5.82 Å². The van der Waals surface area contributed by atoms with Crippen molar-refractivity contribution < 1.29 is 4.79 Å². The summed E-state index contributed by atoms with van der Waals surface area (Å²) in [5.41, 5.74) is 2.41. The van der Waals surface area contributed by atoms with Crippen LogP contribution in [0.3, 0.4) is 0 Å². The summed E-state index contributed by atoms with van der Waals surface area (Å²) in [4.78, 5) is 19.7. The summed E-state index contributed by atoms with van der Waals surface area (Å²) in [6.07, 6.45) is 3.90. The van der Waals surface area contributed by atoms with Crippen LogP contribution in [0.1, 0.15) is 25.3 Å². The number of nitrogens with zero attached hydrogens (tertiary/aromatic N) is 5. The smallest absolute Gasteiger partial charge is 0.318 e. The number of carbonyl (C=O) groups excluding carboxylic acids is 1. The molecule has 0 radical (unpaired) electrons. The van der Waals surface area contributed by atoms with Gasteiger partial charge in [0.2, 0.25) is 0 Å². The maximum absolute atomic E-state index is 13.2. The van der Waals surface area contributed by atoms with E-state index >= 15 is 0 Å². The average molecular weight is 383 g/mol. The van der Waals surface area contributed by atoms with E-state index in [0.29, 0.717) is 6.54 Å². The van der Waals surface area contributed by atoms with Crippen molar-refractivity contribution in [2.75, 3.05) is 36.5 Å². The van der Waals surface area contributed by atoms with E-state index in [4.69, 9.17) is 0 Å². The lowest BCUT2D eigenvalue weighted by Gasteiger charge is -2.36. The molecule has 1 fully saturated rings. The van der Waals surface area contributed by atoms with Crippen molar-refractivity contribution in [3.63, 3.8) is 0 Å². The Morgan fingerprint density at radius 1 is 1.18 bits per heavy atom. The highest BCUT2D eigenvalue weighted by molar-refractivity contribution is 5.76. The van der Waals surface area contributed by atoms with E-state index in [2.05, 4.69) is 52.4 Å².